The van der Waals surface area contributed by atoms with Crippen LogP contribution in [0.3, 0.4) is 0 Å². The second kappa shape index (κ2) is 5.24. The monoisotopic (exact) mass is 256 g/mol. The highest BCUT2D eigenvalue weighted by atomic mass is 16.4. The average Bonchev–Trinajstić information content (AvgIpc) is 2.70. The molecular weight excluding hydrogens is 236 g/mol. The number of rotatable bonds is 2. The molecule has 0 aliphatic carbocycles. The topological polar surface area (TPSA) is 89.9 Å². The fourth-order valence-corrected chi connectivity index (χ4v) is 2.88. The zero-order chi connectivity index (χ0) is 13.3. The molecule has 2 aliphatic rings. The number of nitrogens with zero attached hydrogens (tertiary/aromatic N) is 1. The summed E-state index contributed by atoms with van der Waals surface area (Å²) < 4.78 is 0. The smallest absolute Gasteiger partial charge is 0.326 e. The van der Waals surface area contributed by atoms with Gasteiger partial charge in [-0.25, -0.2) is 4.79 Å². The van der Waals surface area contributed by atoms with Gasteiger partial charge in [-0.05, 0) is 26.3 Å². The van der Waals surface area contributed by atoms with Crippen LogP contribution in [0.2, 0.25) is 0 Å². The van der Waals surface area contributed by atoms with Gasteiger partial charge in [-0.3, -0.25) is 4.79 Å². The zero-order valence-corrected chi connectivity index (χ0v) is 10.5. The Morgan fingerprint density at radius 1 is 1.33 bits per heavy atom. The van der Waals surface area contributed by atoms with Crippen LogP contribution in [-0.4, -0.2) is 58.3 Å². The highest BCUT2D eigenvalue weighted by molar-refractivity contribution is 5.86. The fraction of sp³-hybridized carbons (Fsp3) is 0.833. The Morgan fingerprint density at radius 2 is 2.06 bits per heavy atom. The molecule has 4 unspecified atom stereocenters. The number of carbonyl (C=O) groups excluding carboxylic acids is 1. The summed E-state index contributed by atoms with van der Waals surface area (Å²) in [6.45, 7) is 2.95. The third kappa shape index (κ3) is 2.64. The molecule has 18 heavy (non-hydrogen) atoms. The number of hydrogen-bond acceptors (Lipinski definition) is 4. The van der Waals surface area contributed by atoms with E-state index in [2.05, 4.69) is 5.32 Å². The van der Waals surface area contributed by atoms with Crippen molar-refractivity contribution in [2.45, 2.75) is 44.4 Å². The number of hydrogen-bond donors (Lipinski definition) is 3. The Bertz CT molecular complexity index is 347. The van der Waals surface area contributed by atoms with Gasteiger partial charge in [-0.15, -0.1) is 0 Å². The molecule has 0 spiro atoms. The molecule has 1 amide bonds. The predicted octanol–water partition coefficient (Wildman–Crippen LogP) is -0.579. The number of β-amino-alcohol motifs (C(OH)–C–C–N with tert-alkyl or cyclic N) is 1. The molecule has 0 saturated carbocycles. The predicted molar refractivity (Wildman–Crippen MR) is 63.9 cm³/mol. The van der Waals surface area contributed by atoms with Gasteiger partial charge in [-0.2, -0.15) is 0 Å². The number of amides is 1. The van der Waals surface area contributed by atoms with Crippen LogP contribution >= 0.6 is 0 Å². The summed E-state index contributed by atoms with van der Waals surface area (Å²) in [6, 6.07) is -0.582. The van der Waals surface area contributed by atoms with Gasteiger partial charge in [-0.1, -0.05) is 0 Å². The zero-order valence-electron chi connectivity index (χ0n) is 10.5. The number of piperidine rings is 1. The fourth-order valence-electron chi connectivity index (χ4n) is 2.88. The standard InChI is InChI=1S/C12H20N2O4/c1-7-4-8(2-3-13-7)11(16)14-6-9(15)5-10(14)12(17)18/h7-10,13,15H,2-6H2,1H3,(H,17,18). The Balaban J connectivity index is 2.05. The first-order chi connectivity index (χ1) is 8.49. The molecule has 0 aromatic heterocycles. The number of carboxylic acids is 1. The van der Waals surface area contributed by atoms with Crippen LogP contribution in [0.1, 0.15) is 26.2 Å². The molecule has 0 aromatic rings. The van der Waals surface area contributed by atoms with Crippen LogP contribution in [0.25, 0.3) is 0 Å². The number of aliphatic hydroxyl groups is 1. The van der Waals surface area contributed by atoms with E-state index in [0.717, 1.165) is 19.4 Å². The van der Waals surface area contributed by atoms with E-state index >= 15 is 0 Å². The van der Waals surface area contributed by atoms with Crippen molar-refractivity contribution in [3.8, 4) is 0 Å². The Kier molecular flexibility index (Phi) is 3.87. The van der Waals surface area contributed by atoms with Crippen LogP contribution < -0.4 is 5.32 Å². The van der Waals surface area contributed by atoms with Gasteiger partial charge >= 0.3 is 5.97 Å². The van der Waals surface area contributed by atoms with Crippen molar-refractivity contribution in [1.29, 1.82) is 0 Å². The van der Waals surface area contributed by atoms with Gasteiger partial charge in [0.15, 0.2) is 0 Å². The summed E-state index contributed by atoms with van der Waals surface area (Å²) in [7, 11) is 0. The number of carbonyl (C=O) groups is 2. The lowest BCUT2D eigenvalue weighted by Crippen LogP contribution is -2.47. The van der Waals surface area contributed by atoms with Crippen molar-refractivity contribution in [3.05, 3.63) is 0 Å². The van der Waals surface area contributed by atoms with E-state index in [9.17, 15) is 14.7 Å². The van der Waals surface area contributed by atoms with Crippen molar-refractivity contribution in [1.82, 2.24) is 10.2 Å². The van der Waals surface area contributed by atoms with E-state index in [1.165, 1.54) is 4.90 Å². The summed E-state index contributed by atoms with van der Waals surface area (Å²) in [4.78, 5) is 24.8. The average molecular weight is 256 g/mol. The first-order valence-electron chi connectivity index (χ1n) is 6.43. The Morgan fingerprint density at radius 3 is 2.67 bits per heavy atom. The molecule has 4 atom stereocenters. The van der Waals surface area contributed by atoms with Crippen LogP contribution in [0, 0.1) is 5.92 Å². The molecule has 2 fully saturated rings. The molecule has 2 aliphatic heterocycles. The quantitative estimate of drug-likeness (QED) is 0.615. The lowest BCUT2D eigenvalue weighted by Gasteiger charge is -2.31. The maximum Gasteiger partial charge on any atom is 0.326 e. The normalized spacial score (nSPS) is 36.7. The third-order valence-electron chi connectivity index (χ3n) is 3.82. The highest BCUT2D eigenvalue weighted by Gasteiger charge is 2.41. The van der Waals surface area contributed by atoms with Crippen LogP contribution in [-0.2, 0) is 9.59 Å². The summed E-state index contributed by atoms with van der Waals surface area (Å²) in [5, 5.41) is 21.9. The maximum absolute atomic E-state index is 12.3. The molecule has 6 heteroatoms. The summed E-state index contributed by atoms with van der Waals surface area (Å²) in [5.74, 6) is -1.26. The number of aliphatic carboxylic acids is 1. The maximum atomic E-state index is 12.3. The molecule has 102 valence electrons. The summed E-state index contributed by atoms with van der Waals surface area (Å²) >= 11 is 0. The summed E-state index contributed by atoms with van der Waals surface area (Å²) in [5.41, 5.74) is 0. The Hall–Kier alpha value is -1.14. The van der Waals surface area contributed by atoms with Crippen LogP contribution in [0.5, 0.6) is 0 Å². The second-order valence-electron chi connectivity index (χ2n) is 5.31. The van der Waals surface area contributed by atoms with E-state index in [-0.39, 0.29) is 30.8 Å². The summed E-state index contributed by atoms with van der Waals surface area (Å²) in [6.07, 6.45) is 0.899. The van der Waals surface area contributed by atoms with E-state index < -0.39 is 18.1 Å². The van der Waals surface area contributed by atoms with Gasteiger partial charge in [0, 0.05) is 24.9 Å². The van der Waals surface area contributed by atoms with Crippen LogP contribution in [0.4, 0.5) is 0 Å². The van der Waals surface area contributed by atoms with Crippen molar-refractivity contribution in [2.24, 2.45) is 5.92 Å². The molecule has 2 saturated heterocycles. The van der Waals surface area contributed by atoms with E-state index in [1.54, 1.807) is 0 Å². The van der Waals surface area contributed by atoms with Crippen molar-refractivity contribution >= 4 is 11.9 Å². The molecular formula is C12H20N2O4. The van der Waals surface area contributed by atoms with Gasteiger partial charge in [0.1, 0.15) is 6.04 Å². The number of nitrogens with one attached hydrogen (secondary N) is 1. The van der Waals surface area contributed by atoms with Crippen molar-refractivity contribution in [3.63, 3.8) is 0 Å². The lowest BCUT2D eigenvalue weighted by atomic mass is 9.92. The van der Waals surface area contributed by atoms with Crippen molar-refractivity contribution < 1.29 is 19.8 Å². The number of aliphatic hydroxyl groups excluding tert-OH is 1. The third-order valence-corrected chi connectivity index (χ3v) is 3.82. The van der Waals surface area contributed by atoms with E-state index in [4.69, 9.17) is 5.11 Å². The molecule has 0 radical (unpaired) electrons. The van der Waals surface area contributed by atoms with E-state index in [0.29, 0.717) is 0 Å². The molecule has 3 N–H and O–H groups in total. The second-order valence-corrected chi connectivity index (χ2v) is 5.31. The minimum Gasteiger partial charge on any atom is -0.480 e. The van der Waals surface area contributed by atoms with Gasteiger partial charge in [0.05, 0.1) is 6.10 Å². The van der Waals surface area contributed by atoms with Crippen LogP contribution in [0.15, 0.2) is 0 Å². The SMILES string of the molecule is CC1CC(C(=O)N2CC(O)CC2C(=O)O)CCN1. The molecule has 6 nitrogen and oxygen atoms in total. The number of carboxylic acid groups (broad SMARTS) is 1. The number of likely N-dealkylation sites (tertiary alicyclic amines) is 1. The van der Waals surface area contributed by atoms with Gasteiger partial charge < -0.3 is 20.4 Å². The van der Waals surface area contributed by atoms with Gasteiger partial charge in [0.25, 0.3) is 0 Å². The Labute approximate surface area is 106 Å². The molecule has 2 rings (SSSR count). The minimum absolute atomic E-state index is 0.117. The molecule has 0 bridgehead atoms. The lowest BCUT2D eigenvalue weighted by molar-refractivity contribution is -0.150. The molecule has 2 heterocycles. The van der Waals surface area contributed by atoms with Gasteiger partial charge in [0.2, 0.25) is 5.91 Å². The minimum atomic E-state index is -1.03. The highest BCUT2D eigenvalue weighted by Crippen LogP contribution is 2.25. The first-order valence-corrected chi connectivity index (χ1v) is 6.43. The largest absolute Gasteiger partial charge is 0.480 e. The van der Waals surface area contributed by atoms with Crippen molar-refractivity contribution in [2.75, 3.05) is 13.1 Å². The van der Waals surface area contributed by atoms with E-state index in [1.807, 2.05) is 6.92 Å². The first kappa shape index (κ1) is 13.3. The molecule has 0 aromatic carbocycles.